The van der Waals surface area contributed by atoms with Crippen LogP contribution in [0.25, 0.3) is 0 Å². The lowest BCUT2D eigenvalue weighted by Crippen LogP contribution is -2.52. The van der Waals surface area contributed by atoms with Crippen molar-refractivity contribution in [2.45, 2.75) is 25.4 Å². The Bertz CT molecular complexity index is 508. The van der Waals surface area contributed by atoms with Crippen molar-refractivity contribution in [2.75, 3.05) is 44.7 Å². The molecule has 0 aliphatic carbocycles. The van der Waals surface area contributed by atoms with Crippen molar-refractivity contribution in [3.05, 3.63) is 30.3 Å². The van der Waals surface area contributed by atoms with Crippen LogP contribution < -0.4 is 10.2 Å². The number of halogens is 3. The molecule has 24 heavy (non-hydrogen) atoms. The Morgan fingerprint density at radius 2 is 1.75 bits per heavy atom. The lowest BCUT2D eigenvalue weighted by atomic mass is 10.2. The van der Waals surface area contributed by atoms with Crippen LogP contribution in [0.5, 0.6) is 0 Å². The van der Waals surface area contributed by atoms with Crippen molar-refractivity contribution in [3.63, 3.8) is 0 Å². The van der Waals surface area contributed by atoms with Crippen LogP contribution >= 0.6 is 0 Å². The molecular weight excluding hydrogens is 317 g/mol. The Hall–Kier alpha value is -1.92. The Morgan fingerprint density at radius 1 is 1.08 bits per heavy atom. The largest absolute Gasteiger partial charge is 0.389 e. The van der Waals surface area contributed by atoms with Gasteiger partial charge in [-0.25, -0.2) is 0 Å². The van der Waals surface area contributed by atoms with E-state index in [9.17, 15) is 13.2 Å². The monoisotopic (exact) mass is 342 g/mol. The summed E-state index contributed by atoms with van der Waals surface area (Å²) in [5, 5.41) is 3.17. The lowest BCUT2D eigenvalue weighted by molar-refractivity contribution is -0.135. The molecule has 1 aliphatic rings. The van der Waals surface area contributed by atoms with E-state index in [1.54, 1.807) is 7.05 Å². The summed E-state index contributed by atoms with van der Waals surface area (Å²) in [6.45, 7) is 4.01. The molecule has 0 atom stereocenters. The van der Waals surface area contributed by atoms with Crippen LogP contribution in [-0.4, -0.2) is 56.8 Å². The second-order valence-electron chi connectivity index (χ2n) is 5.86. The fraction of sp³-hybridized carbons (Fsp3) is 0.588. The highest BCUT2D eigenvalue weighted by Gasteiger charge is 2.26. The summed E-state index contributed by atoms with van der Waals surface area (Å²) in [5.74, 6) is 0.773. The summed E-state index contributed by atoms with van der Waals surface area (Å²) in [6, 6.07) is 10.3. The molecule has 0 radical (unpaired) electrons. The van der Waals surface area contributed by atoms with E-state index < -0.39 is 12.6 Å². The van der Waals surface area contributed by atoms with Crippen LogP contribution in [0.1, 0.15) is 19.3 Å². The molecule has 1 N–H and O–H groups in total. The molecule has 1 heterocycles. The second-order valence-corrected chi connectivity index (χ2v) is 5.86. The fourth-order valence-corrected chi connectivity index (χ4v) is 2.80. The molecule has 0 aromatic heterocycles. The molecule has 0 saturated carbocycles. The first-order valence-electron chi connectivity index (χ1n) is 8.32. The van der Waals surface area contributed by atoms with E-state index in [0.29, 0.717) is 13.0 Å². The molecule has 0 amide bonds. The zero-order valence-electron chi connectivity index (χ0n) is 14.0. The summed E-state index contributed by atoms with van der Waals surface area (Å²) in [4.78, 5) is 8.73. The number of aliphatic imine (C=N–C) groups is 1. The van der Waals surface area contributed by atoms with E-state index in [4.69, 9.17) is 0 Å². The Balaban J connectivity index is 1.71. The van der Waals surface area contributed by atoms with Crippen molar-refractivity contribution >= 4 is 11.6 Å². The highest BCUT2D eigenvalue weighted by Crippen LogP contribution is 2.21. The van der Waals surface area contributed by atoms with E-state index in [-0.39, 0.29) is 6.42 Å². The number of nitrogens with one attached hydrogen (secondary N) is 1. The van der Waals surface area contributed by atoms with Gasteiger partial charge in [0.05, 0.1) is 0 Å². The third kappa shape index (κ3) is 5.94. The van der Waals surface area contributed by atoms with E-state index in [1.807, 2.05) is 18.2 Å². The van der Waals surface area contributed by atoms with Gasteiger partial charge in [-0.1, -0.05) is 18.2 Å². The maximum atomic E-state index is 12.1. The Labute approximate surface area is 141 Å². The first-order valence-corrected chi connectivity index (χ1v) is 8.32. The van der Waals surface area contributed by atoms with Crippen LogP contribution in [0.4, 0.5) is 18.9 Å². The number of para-hydroxylation sites is 1. The number of guanidine groups is 1. The minimum Gasteiger partial charge on any atom is -0.368 e. The van der Waals surface area contributed by atoms with Gasteiger partial charge in [-0.2, -0.15) is 13.2 Å². The molecular formula is C17H25F3N4. The van der Waals surface area contributed by atoms with Crippen molar-refractivity contribution in [1.82, 2.24) is 10.2 Å². The van der Waals surface area contributed by atoms with E-state index >= 15 is 0 Å². The van der Waals surface area contributed by atoms with Gasteiger partial charge in [0, 0.05) is 51.9 Å². The smallest absolute Gasteiger partial charge is 0.368 e. The molecule has 1 aliphatic heterocycles. The number of anilines is 1. The van der Waals surface area contributed by atoms with Gasteiger partial charge in [0.2, 0.25) is 0 Å². The van der Waals surface area contributed by atoms with Crippen LogP contribution in [0.3, 0.4) is 0 Å². The van der Waals surface area contributed by atoms with E-state index in [1.165, 1.54) is 5.69 Å². The molecule has 0 spiro atoms. The number of unbranched alkanes of at least 4 members (excludes halogenated alkanes) is 1. The Morgan fingerprint density at radius 3 is 2.33 bits per heavy atom. The van der Waals surface area contributed by atoms with E-state index in [2.05, 4.69) is 32.2 Å². The minimum absolute atomic E-state index is 0.148. The number of hydrogen-bond acceptors (Lipinski definition) is 2. The summed E-state index contributed by atoms with van der Waals surface area (Å²) in [7, 11) is 1.71. The number of rotatable bonds is 5. The van der Waals surface area contributed by atoms with Gasteiger partial charge >= 0.3 is 6.18 Å². The first kappa shape index (κ1) is 18.4. The van der Waals surface area contributed by atoms with Gasteiger partial charge in [-0.3, -0.25) is 4.99 Å². The van der Waals surface area contributed by atoms with E-state index in [0.717, 1.165) is 32.1 Å². The average molecular weight is 342 g/mol. The standard InChI is InChI=1S/C17H25F3N4/c1-21-16(22-10-6-5-9-17(18,19)20)24-13-11-23(12-14-24)15-7-3-2-4-8-15/h2-4,7-8H,5-6,9-14H2,1H3,(H,21,22). The van der Waals surface area contributed by atoms with Crippen molar-refractivity contribution in [2.24, 2.45) is 4.99 Å². The maximum absolute atomic E-state index is 12.1. The molecule has 1 aromatic rings. The third-order valence-corrected chi connectivity index (χ3v) is 4.08. The predicted molar refractivity (Wildman–Crippen MR) is 91.5 cm³/mol. The normalized spacial score (nSPS) is 16.4. The molecule has 2 rings (SSSR count). The van der Waals surface area contributed by atoms with Crippen molar-refractivity contribution < 1.29 is 13.2 Å². The number of alkyl halides is 3. The second kappa shape index (κ2) is 8.80. The Kier molecular flexibility index (Phi) is 6.75. The molecule has 7 heteroatoms. The van der Waals surface area contributed by atoms with Gasteiger partial charge < -0.3 is 15.1 Å². The van der Waals surface area contributed by atoms with Crippen LogP contribution in [-0.2, 0) is 0 Å². The SMILES string of the molecule is CN=C(NCCCCC(F)(F)F)N1CCN(c2ccccc2)CC1. The maximum Gasteiger partial charge on any atom is 0.389 e. The quantitative estimate of drug-likeness (QED) is 0.507. The third-order valence-electron chi connectivity index (χ3n) is 4.08. The lowest BCUT2D eigenvalue weighted by Gasteiger charge is -2.37. The highest BCUT2D eigenvalue weighted by atomic mass is 19.4. The topological polar surface area (TPSA) is 30.9 Å². The van der Waals surface area contributed by atoms with Gasteiger partial charge in [-0.05, 0) is 25.0 Å². The molecule has 1 aromatic carbocycles. The molecule has 1 saturated heterocycles. The van der Waals surface area contributed by atoms with Gasteiger partial charge in [0.15, 0.2) is 5.96 Å². The van der Waals surface area contributed by atoms with Gasteiger partial charge in [0.25, 0.3) is 0 Å². The summed E-state index contributed by atoms with van der Waals surface area (Å²) >= 11 is 0. The summed E-state index contributed by atoms with van der Waals surface area (Å²) in [6.07, 6.45) is -4.14. The average Bonchev–Trinajstić information content (AvgIpc) is 2.58. The number of nitrogens with zero attached hydrogens (tertiary/aromatic N) is 3. The molecule has 134 valence electrons. The zero-order valence-corrected chi connectivity index (χ0v) is 14.0. The first-order chi connectivity index (χ1) is 11.5. The molecule has 1 fully saturated rings. The number of hydrogen-bond donors (Lipinski definition) is 1. The van der Waals surface area contributed by atoms with Crippen LogP contribution in [0, 0.1) is 0 Å². The van der Waals surface area contributed by atoms with Crippen LogP contribution in [0.2, 0.25) is 0 Å². The zero-order chi connectivity index (χ0) is 17.4. The summed E-state index contributed by atoms with van der Waals surface area (Å²) in [5.41, 5.74) is 1.22. The van der Waals surface area contributed by atoms with Gasteiger partial charge in [-0.15, -0.1) is 0 Å². The van der Waals surface area contributed by atoms with Gasteiger partial charge in [0.1, 0.15) is 0 Å². The summed E-state index contributed by atoms with van der Waals surface area (Å²) < 4.78 is 36.4. The van der Waals surface area contributed by atoms with Crippen molar-refractivity contribution in [3.8, 4) is 0 Å². The number of piperazine rings is 1. The highest BCUT2D eigenvalue weighted by molar-refractivity contribution is 5.80. The van der Waals surface area contributed by atoms with Crippen molar-refractivity contribution in [1.29, 1.82) is 0 Å². The van der Waals surface area contributed by atoms with Crippen LogP contribution in [0.15, 0.2) is 35.3 Å². The fourth-order valence-electron chi connectivity index (χ4n) is 2.80. The predicted octanol–water partition coefficient (Wildman–Crippen LogP) is 3.12. The molecule has 0 unspecified atom stereocenters. The molecule has 0 bridgehead atoms. The number of benzene rings is 1. The molecule has 4 nitrogen and oxygen atoms in total. The minimum atomic E-state index is -4.06.